The molecule has 0 aromatic carbocycles. The number of unbranched alkanes of at least 4 members (excludes halogenated alkanes) is 5. The molecular weight excluding hydrogens is 347 g/mol. The Morgan fingerprint density at radius 1 is 1.04 bits per heavy atom. The summed E-state index contributed by atoms with van der Waals surface area (Å²) in [5.74, 6) is 0.401. The van der Waals surface area contributed by atoms with Crippen molar-refractivity contribution in [1.29, 1.82) is 0 Å². The van der Waals surface area contributed by atoms with Crippen molar-refractivity contribution < 1.29 is 4.57 Å². The summed E-state index contributed by atoms with van der Waals surface area (Å²) in [7, 11) is 0. The lowest BCUT2D eigenvalue weighted by molar-refractivity contribution is -0.703. The number of nitrogens with one attached hydrogen (secondary N) is 2. The highest BCUT2D eigenvalue weighted by atomic mass is 35.5. The van der Waals surface area contributed by atoms with Crippen LogP contribution in [-0.2, 0) is 13.0 Å². The minimum absolute atomic E-state index is 0.0947. The Bertz CT molecular complexity index is 596. The van der Waals surface area contributed by atoms with E-state index in [0.29, 0.717) is 12.5 Å². The van der Waals surface area contributed by atoms with Crippen LogP contribution in [0.3, 0.4) is 0 Å². The molecule has 2 N–H and O–H groups in total. The molecule has 2 aromatic rings. The first-order valence-corrected chi connectivity index (χ1v) is 9.30. The lowest BCUT2D eigenvalue weighted by Gasteiger charge is -2.05. The van der Waals surface area contributed by atoms with E-state index in [1.807, 2.05) is 12.5 Å². The number of hydrogen-bond donors (Lipinski definition) is 2. The predicted octanol–water partition coefficient (Wildman–Crippen LogP) is 3.81. The van der Waals surface area contributed by atoms with Crippen molar-refractivity contribution in [3.63, 3.8) is 0 Å². The van der Waals surface area contributed by atoms with Gasteiger partial charge in [-0.05, 0) is 36.0 Å². The van der Waals surface area contributed by atoms with Crippen LogP contribution in [0.4, 0.5) is 5.95 Å². The van der Waals surface area contributed by atoms with E-state index in [1.165, 1.54) is 44.2 Å². The Kier molecular flexibility index (Phi) is 8.25. The molecule has 0 spiro atoms. The maximum absolute atomic E-state index is 5.76. The highest BCUT2D eigenvalue weighted by Gasteiger charge is 2.09. The second kappa shape index (κ2) is 10.5. The molecule has 0 aliphatic carbocycles. The zero-order chi connectivity index (χ0) is 17.2. The zero-order valence-corrected chi connectivity index (χ0v) is 15.6. The molecule has 0 atom stereocenters. The van der Waals surface area contributed by atoms with Gasteiger partial charge in [0.1, 0.15) is 11.9 Å². The van der Waals surface area contributed by atoms with Crippen LogP contribution in [0.2, 0.25) is 10.6 Å². The first-order valence-electron chi connectivity index (χ1n) is 8.55. The minimum Gasteiger partial charge on any atom is -0.354 e. The lowest BCUT2D eigenvalue weighted by atomic mass is 10.1. The molecule has 0 unspecified atom stereocenters. The third-order valence-corrected chi connectivity index (χ3v) is 4.18. The molecule has 0 aliphatic rings. The summed E-state index contributed by atoms with van der Waals surface area (Å²) in [5.41, 5.74) is 1.25. The van der Waals surface area contributed by atoms with Gasteiger partial charge in [-0.2, -0.15) is 15.0 Å². The average molecular weight is 372 g/mol. The molecule has 132 valence electrons. The van der Waals surface area contributed by atoms with Crippen molar-refractivity contribution in [2.45, 2.75) is 58.4 Å². The molecule has 0 radical (unpaired) electrons. The van der Waals surface area contributed by atoms with Gasteiger partial charge >= 0.3 is 0 Å². The average Bonchev–Trinajstić information content (AvgIpc) is 2.97. The molecule has 2 aromatic heterocycles. The van der Waals surface area contributed by atoms with Crippen LogP contribution < -0.4 is 9.88 Å². The van der Waals surface area contributed by atoms with Crippen LogP contribution >= 0.6 is 23.2 Å². The van der Waals surface area contributed by atoms with Crippen LogP contribution in [0.5, 0.6) is 0 Å². The molecular formula is C16H25Cl2N6+. The molecule has 0 fully saturated rings. The minimum atomic E-state index is 0.0947. The van der Waals surface area contributed by atoms with Gasteiger partial charge in [0.05, 0.1) is 6.54 Å². The highest BCUT2D eigenvalue weighted by molar-refractivity contribution is 6.31. The van der Waals surface area contributed by atoms with Gasteiger partial charge < -0.3 is 5.32 Å². The number of aromatic nitrogens is 5. The first-order chi connectivity index (χ1) is 11.7. The SMILES string of the molecule is CCCCCCCC[n+]1c[nH]cc1CCNc1nc(Cl)nc(Cl)n1. The smallest absolute Gasteiger partial charge is 0.241 e. The number of H-pyrrole nitrogens is 1. The summed E-state index contributed by atoms with van der Waals surface area (Å²) in [6.07, 6.45) is 12.7. The number of hydrogen-bond acceptors (Lipinski definition) is 4. The topological polar surface area (TPSA) is 70.4 Å². The van der Waals surface area contributed by atoms with Gasteiger partial charge in [0, 0.05) is 13.0 Å². The Balaban J connectivity index is 1.72. The third-order valence-electron chi connectivity index (χ3n) is 3.85. The van der Waals surface area contributed by atoms with Crippen molar-refractivity contribution >= 4 is 29.2 Å². The van der Waals surface area contributed by atoms with Crippen LogP contribution in [0.15, 0.2) is 12.5 Å². The molecule has 0 saturated heterocycles. The summed E-state index contributed by atoms with van der Waals surface area (Å²) < 4.78 is 2.27. The largest absolute Gasteiger partial charge is 0.354 e. The molecule has 8 heteroatoms. The first kappa shape index (κ1) is 18.9. The van der Waals surface area contributed by atoms with Gasteiger partial charge in [0.2, 0.25) is 22.8 Å². The number of aromatic amines is 1. The Morgan fingerprint density at radius 3 is 2.50 bits per heavy atom. The monoisotopic (exact) mass is 371 g/mol. The fourth-order valence-electron chi connectivity index (χ4n) is 2.58. The zero-order valence-electron chi connectivity index (χ0n) is 14.1. The van der Waals surface area contributed by atoms with E-state index in [-0.39, 0.29) is 10.6 Å². The molecule has 6 nitrogen and oxygen atoms in total. The third kappa shape index (κ3) is 6.61. The number of nitrogens with zero attached hydrogens (tertiary/aromatic N) is 4. The lowest BCUT2D eigenvalue weighted by Crippen LogP contribution is -2.36. The van der Waals surface area contributed by atoms with Crippen LogP contribution in [0.1, 0.15) is 51.1 Å². The molecule has 2 rings (SSSR count). The van der Waals surface area contributed by atoms with E-state index in [4.69, 9.17) is 23.2 Å². The van der Waals surface area contributed by atoms with Crippen LogP contribution in [0, 0.1) is 0 Å². The van der Waals surface area contributed by atoms with Crippen molar-refractivity contribution in [3.05, 3.63) is 28.8 Å². The highest BCUT2D eigenvalue weighted by Crippen LogP contribution is 2.09. The number of anilines is 1. The predicted molar refractivity (Wildman–Crippen MR) is 96.4 cm³/mol. The van der Waals surface area contributed by atoms with E-state index < -0.39 is 0 Å². The molecule has 0 amide bonds. The number of imidazole rings is 1. The van der Waals surface area contributed by atoms with Crippen molar-refractivity contribution in [3.8, 4) is 0 Å². The molecule has 24 heavy (non-hydrogen) atoms. The van der Waals surface area contributed by atoms with Crippen molar-refractivity contribution in [2.75, 3.05) is 11.9 Å². The number of halogens is 2. The van der Waals surface area contributed by atoms with E-state index in [1.54, 1.807) is 0 Å². The summed E-state index contributed by atoms with van der Waals surface area (Å²) in [6.45, 7) is 3.99. The van der Waals surface area contributed by atoms with E-state index in [9.17, 15) is 0 Å². The van der Waals surface area contributed by atoms with Crippen molar-refractivity contribution in [1.82, 2.24) is 19.9 Å². The number of aryl methyl sites for hydroxylation is 1. The summed E-state index contributed by atoms with van der Waals surface area (Å²) >= 11 is 11.5. The van der Waals surface area contributed by atoms with Gasteiger partial charge in [0.25, 0.3) is 0 Å². The van der Waals surface area contributed by atoms with Gasteiger partial charge in [-0.3, -0.25) is 0 Å². The fourth-order valence-corrected chi connectivity index (χ4v) is 2.95. The maximum Gasteiger partial charge on any atom is 0.241 e. The molecule has 0 bridgehead atoms. The quantitative estimate of drug-likeness (QED) is 0.465. The van der Waals surface area contributed by atoms with E-state index in [0.717, 1.165) is 13.0 Å². The van der Waals surface area contributed by atoms with Gasteiger partial charge in [-0.25, -0.2) is 9.55 Å². The standard InChI is InChI=1S/C16H24Cl2N6/c1-2-3-4-5-6-7-10-24-12-19-11-13(24)8-9-20-16-22-14(17)21-15(18)23-16/h11-12H,2-10H2,1H3,(H,20,21,22,23)/p+1. The summed E-state index contributed by atoms with van der Waals surface area (Å²) in [4.78, 5) is 14.9. The maximum atomic E-state index is 5.76. The Hall–Kier alpha value is -1.40. The summed E-state index contributed by atoms with van der Waals surface area (Å²) in [5, 5.41) is 3.31. The second-order valence-corrected chi connectivity index (χ2v) is 6.44. The van der Waals surface area contributed by atoms with E-state index in [2.05, 4.69) is 36.7 Å². The molecule has 0 saturated carbocycles. The Labute approximate surface area is 153 Å². The number of rotatable bonds is 11. The normalized spacial score (nSPS) is 11.0. The Morgan fingerprint density at radius 2 is 1.75 bits per heavy atom. The van der Waals surface area contributed by atoms with Gasteiger partial charge in [0.15, 0.2) is 0 Å². The molecule has 0 aliphatic heterocycles. The van der Waals surface area contributed by atoms with Crippen LogP contribution in [-0.4, -0.2) is 26.5 Å². The summed E-state index contributed by atoms with van der Waals surface area (Å²) in [6, 6.07) is 0. The van der Waals surface area contributed by atoms with Gasteiger partial charge in [-0.1, -0.05) is 32.6 Å². The fraction of sp³-hybridized carbons (Fsp3) is 0.625. The van der Waals surface area contributed by atoms with Crippen LogP contribution in [0.25, 0.3) is 0 Å². The van der Waals surface area contributed by atoms with Crippen molar-refractivity contribution in [2.24, 2.45) is 0 Å². The van der Waals surface area contributed by atoms with E-state index >= 15 is 0 Å². The van der Waals surface area contributed by atoms with Gasteiger partial charge in [-0.15, -0.1) is 0 Å². The molecule has 2 heterocycles. The second-order valence-electron chi connectivity index (χ2n) is 5.77.